The summed E-state index contributed by atoms with van der Waals surface area (Å²) >= 11 is 12.8. The van der Waals surface area contributed by atoms with Gasteiger partial charge in [-0.05, 0) is 75.7 Å². The number of allylic oxidation sites excluding steroid dienone is 1. The molecule has 1 saturated heterocycles. The Hall–Kier alpha value is -3.07. The van der Waals surface area contributed by atoms with Crippen LogP contribution in [0.3, 0.4) is 0 Å². The smallest absolute Gasteiger partial charge is 0.336 e. The zero-order valence-corrected chi connectivity index (χ0v) is 24.1. The normalized spacial score (nSPS) is 20.2. The number of benzene rings is 2. The molecule has 0 aromatic heterocycles. The molecule has 0 aliphatic carbocycles. The van der Waals surface area contributed by atoms with E-state index in [0.717, 1.165) is 0 Å². The predicted octanol–water partition coefficient (Wildman–Crippen LogP) is 5.89. The third-order valence-electron chi connectivity index (χ3n) is 7.55. The van der Waals surface area contributed by atoms with Crippen LogP contribution in [0.4, 0.5) is 4.39 Å². The molecule has 2 heterocycles. The van der Waals surface area contributed by atoms with Crippen molar-refractivity contribution in [3.63, 3.8) is 0 Å². The van der Waals surface area contributed by atoms with Gasteiger partial charge >= 0.3 is 11.9 Å². The summed E-state index contributed by atoms with van der Waals surface area (Å²) in [6.45, 7) is 5.36. The Bertz CT molecular complexity index is 1350. The molecule has 2 aromatic carbocycles. The maximum absolute atomic E-state index is 13.4. The van der Waals surface area contributed by atoms with E-state index in [1.807, 2.05) is 0 Å². The molecule has 2 atom stereocenters. The van der Waals surface area contributed by atoms with Crippen LogP contribution in [0.5, 0.6) is 0 Å². The minimum absolute atomic E-state index is 0.0208. The van der Waals surface area contributed by atoms with Crippen LogP contribution in [0.2, 0.25) is 10.0 Å². The number of Topliss-reactive ketones (excluding diaryl/α,β-unsaturated/α-hetero) is 1. The van der Waals surface area contributed by atoms with Crippen molar-refractivity contribution < 1.29 is 28.2 Å². The minimum Gasteiger partial charge on any atom is -0.468 e. The fourth-order valence-electron chi connectivity index (χ4n) is 5.45. The summed E-state index contributed by atoms with van der Waals surface area (Å²) < 4.78 is 23.9. The van der Waals surface area contributed by atoms with Crippen LogP contribution in [0, 0.1) is 17.7 Å². The number of carbonyl (C=O) groups is 3. The molecular formula is C30H31Cl2FN2O5. The van der Waals surface area contributed by atoms with Crippen LogP contribution in [0.25, 0.3) is 0 Å². The van der Waals surface area contributed by atoms with E-state index in [2.05, 4.69) is 9.89 Å². The number of halogens is 3. The van der Waals surface area contributed by atoms with Crippen LogP contribution < -0.4 is 0 Å². The van der Waals surface area contributed by atoms with Gasteiger partial charge in [0.1, 0.15) is 18.3 Å². The van der Waals surface area contributed by atoms with E-state index in [9.17, 15) is 18.8 Å². The van der Waals surface area contributed by atoms with Gasteiger partial charge in [0.25, 0.3) is 0 Å². The maximum Gasteiger partial charge on any atom is 0.336 e. The van der Waals surface area contributed by atoms with Gasteiger partial charge in [-0.2, -0.15) is 0 Å². The molecule has 2 aromatic rings. The van der Waals surface area contributed by atoms with Gasteiger partial charge in [-0.25, -0.2) is 9.18 Å². The molecule has 0 spiro atoms. The molecule has 7 nitrogen and oxygen atoms in total. The van der Waals surface area contributed by atoms with Crippen molar-refractivity contribution in [3.05, 3.63) is 80.7 Å². The van der Waals surface area contributed by atoms with Crippen molar-refractivity contribution in [2.75, 3.05) is 33.4 Å². The number of ketones is 1. The highest BCUT2D eigenvalue weighted by Gasteiger charge is 2.43. The molecule has 0 bridgehead atoms. The Labute approximate surface area is 242 Å². The van der Waals surface area contributed by atoms with Crippen LogP contribution in [0.1, 0.15) is 48.5 Å². The number of esters is 2. The number of carbonyl (C=O) groups excluding carboxylic acids is 3. The molecule has 212 valence electrons. The Morgan fingerprint density at radius 2 is 1.73 bits per heavy atom. The second-order valence-corrected chi connectivity index (χ2v) is 10.8. The van der Waals surface area contributed by atoms with Crippen LogP contribution >= 0.6 is 23.2 Å². The van der Waals surface area contributed by atoms with E-state index >= 15 is 0 Å². The fraction of sp³-hybridized carbons (Fsp3) is 0.400. The molecule has 0 N–H and O–H groups in total. The average Bonchev–Trinajstić information content (AvgIpc) is 2.94. The third-order valence-corrected chi connectivity index (χ3v) is 8.38. The SMILES string of the molecule is COC(=O)C1C(C)=NC(C)=C(C(=O)OCCN2CCC(C(=O)c3ccc(F)cc3)CC2)C1c1cccc(Cl)c1Cl. The van der Waals surface area contributed by atoms with E-state index in [4.69, 9.17) is 32.7 Å². The van der Waals surface area contributed by atoms with Gasteiger partial charge < -0.3 is 9.47 Å². The highest BCUT2D eigenvalue weighted by molar-refractivity contribution is 6.42. The summed E-state index contributed by atoms with van der Waals surface area (Å²) in [7, 11) is 1.28. The van der Waals surface area contributed by atoms with E-state index in [-0.39, 0.29) is 34.7 Å². The summed E-state index contributed by atoms with van der Waals surface area (Å²) in [4.78, 5) is 45.6. The van der Waals surface area contributed by atoms with Gasteiger partial charge in [0, 0.05) is 35.4 Å². The van der Waals surface area contributed by atoms with Crippen LogP contribution in [0.15, 0.2) is 58.7 Å². The lowest BCUT2D eigenvalue weighted by molar-refractivity contribution is -0.144. The Morgan fingerprint density at radius 3 is 2.38 bits per heavy atom. The monoisotopic (exact) mass is 588 g/mol. The lowest BCUT2D eigenvalue weighted by Gasteiger charge is -2.33. The first kappa shape index (κ1) is 29.9. The Balaban J connectivity index is 1.42. The topological polar surface area (TPSA) is 85.3 Å². The highest BCUT2D eigenvalue weighted by atomic mass is 35.5. The van der Waals surface area contributed by atoms with Crippen molar-refractivity contribution in [1.82, 2.24) is 4.90 Å². The lowest BCUT2D eigenvalue weighted by atomic mass is 9.75. The largest absolute Gasteiger partial charge is 0.468 e. The number of nitrogens with zero attached hydrogens (tertiary/aromatic N) is 2. The zero-order valence-electron chi connectivity index (χ0n) is 22.6. The van der Waals surface area contributed by atoms with Gasteiger partial charge in [0.2, 0.25) is 0 Å². The van der Waals surface area contributed by atoms with Gasteiger partial charge in [0.15, 0.2) is 5.78 Å². The maximum atomic E-state index is 13.4. The number of rotatable bonds is 8. The van der Waals surface area contributed by atoms with Crippen molar-refractivity contribution in [2.24, 2.45) is 16.8 Å². The van der Waals surface area contributed by atoms with Crippen molar-refractivity contribution in [2.45, 2.75) is 32.6 Å². The van der Waals surface area contributed by atoms with E-state index in [1.54, 1.807) is 32.0 Å². The number of likely N-dealkylation sites (tertiary alicyclic amines) is 1. The van der Waals surface area contributed by atoms with Crippen molar-refractivity contribution in [1.29, 1.82) is 0 Å². The molecule has 2 aliphatic heterocycles. The standard InChI is InChI=1S/C30H31Cl2FN2O5/c1-17-24(29(37)39-3)26(22-5-4-6-23(31)27(22)32)25(18(2)34-17)30(38)40-16-15-35-13-11-20(12-14-35)28(36)19-7-9-21(33)10-8-19/h4-10,20,24,26H,11-16H2,1-3H3. The highest BCUT2D eigenvalue weighted by Crippen LogP contribution is 2.44. The lowest BCUT2D eigenvalue weighted by Crippen LogP contribution is -2.39. The fourth-order valence-corrected chi connectivity index (χ4v) is 5.87. The number of methoxy groups -OCH3 is 1. The summed E-state index contributed by atoms with van der Waals surface area (Å²) in [6.07, 6.45) is 1.33. The molecule has 0 amide bonds. The van der Waals surface area contributed by atoms with E-state index < -0.39 is 23.8 Å². The summed E-state index contributed by atoms with van der Waals surface area (Å²) in [5.74, 6) is -3.26. The molecule has 10 heteroatoms. The van der Waals surface area contributed by atoms with Crippen molar-refractivity contribution in [3.8, 4) is 0 Å². The van der Waals surface area contributed by atoms with Gasteiger partial charge in [-0.1, -0.05) is 35.3 Å². The van der Waals surface area contributed by atoms with Gasteiger partial charge in [-0.3, -0.25) is 19.5 Å². The average molecular weight is 589 g/mol. The van der Waals surface area contributed by atoms with E-state index in [0.29, 0.717) is 60.0 Å². The number of ether oxygens (including phenoxy) is 2. The Kier molecular flexibility index (Phi) is 9.77. The number of hydrogen-bond donors (Lipinski definition) is 0. The molecule has 40 heavy (non-hydrogen) atoms. The summed E-state index contributed by atoms with van der Waals surface area (Å²) in [5, 5.41) is 0.545. The number of hydrogen-bond acceptors (Lipinski definition) is 7. The third kappa shape index (κ3) is 6.45. The molecule has 4 rings (SSSR count). The predicted molar refractivity (Wildman–Crippen MR) is 151 cm³/mol. The first-order chi connectivity index (χ1) is 19.1. The summed E-state index contributed by atoms with van der Waals surface area (Å²) in [5.41, 5.74) is 2.19. The second-order valence-electron chi connectivity index (χ2n) is 10.00. The Morgan fingerprint density at radius 1 is 1.05 bits per heavy atom. The second kappa shape index (κ2) is 13.1. The zero-order chi connectivity index (χ0) is 29.0. The number of aliphatic imine (C=N–C) groups is 1. The first-order valence-corrected chi connectivity index (χ1v) is 13.8. The van der Waals surface area contributed by atoms with Gasteiger partial charge in [-0.15, -0.1) is 0 Å². The molecule has 1 fully saturated rings. The van der Waals surface area contributed by atoms with Crippen LogP contribution in [-0.2, 0) is 19.1 Å². The number of piperidine rings is 1. The minimum atomic E-state index is -0.870. The van der Waals surface area contributed by atoms with Crippen LogP contribution in [-0.4, -0.2) is 61.7 Å². The van der Waals surface area contributed by atoms with Gasteiger partial charge in [0.05, 0.1) is 22.7 Å². The quantitative estimate of drug-likeness (QED) is 0.282. The van der Waals surface area contributed by atoms with Crippen molar-refractivity contribution >= 4 is 46.6 Å². The first-order valence-electron chi connectivity index (χ1n) is 13.1. The molecular weight excluding hydrogens is 558 g/mol. The molecule has 2 unspecified atom stereocenters. The molecule has 0 saturated carbocycles. The summed E-state index contributed by atoms with van der Waals surface area (Å²) in [6, 6.07) is 10.7. The molecule has 2 aliphatic rings. The molecule has 0 radical (unpaired) electrons. The van der Waals surface area contributed by atoms with E-state index in [1.165, 1.54) is 31.4 Å².